The molecule has 1 N–H and O–H groups in total. The maximum Gasteiger partial charge on any atom is 0.230 e. The van der Waals surface area contributed by atoms with Crippen molar-refractivity contribution in [2.75, 3.05) is 26.0 Å². The summed E-state index contributed by atoms with van der Waals surface area (Å²) in [7, 11) is 1.63. The molecule has 0 saturated heterocycles. The van der Waals surface area contributed by atoms with Crippen LogP contribution in [0.15, 0.2) is 53.4 Å². The Kier molecular flexibility index (Phi) is 6.81. The van der Waals surface area contributed by atoms with E-state index in [0.29, 0.717) is 18.9 Å². The van der Waals surface area contributed by atoms with Gasteiger partial charge in [0.1, 0.15) is 18.1 Å². The number of hydrogen-bond donors (Lipinski definition) is 1. The Morgan fingerprint density at radius 2 is 1.91 bits per heavy atom. The fraction of sp³-hybridized carbons (Fsp3) is 0.278. The number of nitrogens with one attached hydrogen (secondary N) is 1. The van der Waals surface area contributed by atoms with Gasteiger partial charge in [0.2, 0.25) is 5.91 Å². The first-order chi connectivity index (χ1) is 11.2. The van der Waals surface area contributed by atoms with Crippen LogP contribution in [0, 0.1) is 6.92 Å². The van der Waals surface area contributed by atoms with Crippen LogP contribution in [0.2, 0.25) is 0 Å². The van der Waals surface area contributed by atoms with E-state index in [1.54, 1.807) is 7.11 Å². The van der Waals surface area contributed by atoms with Crippen molar-refractivity contribution in [1.29, 1.82) is 0 Å². The predicted molar refractivity (Wildman–Crippen MR) is 93.4 cm³/mol. The lowest BCUT2D eigenvalue weighted by Gasteiger charge is -2.08. The van der Waals surface area contributed by atoms with E-state index in [2.05, 4.69) is 5.32 Å². The predicted octanol–water partition coefficient (Wildman–Crippen LogP) is 3.29. The molecule has 122 valence electrons. The Morgan fingerprint density at radius 1 is 1.13 bits per heavy atom. The molecule has 0 radical (unpaired) electrons. The standard InChI is InChI=1S/C18H21NO3S/c1-14-5-3-7-16(11-14)22-10-9-19-18(20)13-23-17-8-4-6-15(12-17)21-2/h3-8,11-12H,9-10,13H2,1-2H3,(H,19,20). The third-order valence-corrected chi connectivity index (χ3v) is 4.09. The Morgan fingerprint density at radius 3 is 2.70 bits per heavy atom. The molecule has 1 amide bonds. The van der Waals surface area contributed by atoms with Crippen molar-refractivity contribution in [2.45, 2.75) is 11.8 Å². The van der Waals surface area contributed by atoms with Crippen molar-refractivity contribution >= 4 is 17.7 Å². The minimum absolute atomic E-state index is 0.00865. The highest BCUT2D eigenvalue weighted by Crippen LogP contribution is 2.22. The fourth-order valence-electron chi connectivity index (χ4n) is 1.96. The van der Waals surface area contributed by atoms with E-state index in [1.807, 2.05) is 55.5 Å². The number of aryl methyl sites for hydroxylation is 1. The third kappa shape index (κ3) is 6.24. The molecule has 0 aromatic heterocycles. The lowest BCUT2D eigenvalue weighted by molar-refractivity contribution is -0.118. The van der Waals surface area contributed by atoms with Gasteiger partial charge in [-0.1, -0.05) is 18.2 Å². The maximum absolute atomic E-state index is 11.8. The van der Waals surface area contributed by atoms with Gasteiger partial charge in [0.15, 0.2) is 0 Å². The molecule has 23 heavy (non-hydrogen) atoms. The lowest BCUT2D eigenvalue weighted by Crippen LogP contribution is -2.29. The summed E-state index contributed by atoms with van der Waals surface area (Å²) in [5.41, 5.74) is 1.15. The van der Waals surface area contributed by atoms with Crippen molar-refractivity contribution in [3.05, 3.63) is 54.1 Å². The zero-order valence-corrected chi connectivity index (χ0v) is 14.2. The van der Waals surface area contributed by atoms with E-state index in [1.165, 1.54) is 11.8 Å². The molecule has 0 saturated carbocycles. The minimum Gasteiger partial charge on any atom is -0.497 e. The van der Waals surface area contributed by atoms with Crippen LogP contribution in [0.25, 0.3) is 0 Å². The molecule has 0 aliphatic carbocycles. The number of amides is 1. The molecule has 0 bridgehead atoms. The number of carbonyl (C=O) groups is 1. The van der Waals surface area contributed by atoms with E-state index in [-0.39, 0.29) is 5.91 Å². The van der Waals surface area contributed by atoms with Gasteiger partial charge in [-0.15, -0.1) is 11.8 Å². The molecule has 0 unspecified atom stereocenters. The zero-order valence-electron chi connectivity index (χ0n) is 13.4. The average Bonchev–Trinajstić information content (AvgIpc) is 2.57. The van der Waals surface area contributed by atoms with E-state index in [4.69, 9.17) is 9.47 Å². The molecule has 0 fully saturated rings. The van der Waals surface area contributed by atoms with Gasteiger partial charge < -0.3 is 14.8 Å². The summed E-state index contributed by atoms with van der Waals surface area (Å²) < 4.78 is 10.8. The van der Waals surface area contributed by atoms with Crippen molar-refractivity contribution in [1.82, 2.24) is 5.32 Å². The van der Waals surface area contributed by atoms with E-state index in [0.717, 1.165) is 22.0 Å². The first-order valence-electron chi connectivity index (χ1n) is 7.40. The molecule has 0 aliphatic rings. The molecule has 0 heterocycles. The highest BCUT2D eigenvalue weighted by molar-refractivity contribution is 8.00. The fourth-order valence-corrected chi connectivity index (χ4v) is 2.73. The molecule has 0 aliphatic heterocycles. The van der Waals surface area contributed by atoms with Crippen molar-refractivity contribution in [3.63, 3.8) is 0 Å². The maximum atomic E-state index is 11.8. The highest BCUT2D eigenvalue weighted by Gasteiger charge is 2.03. The van der Waals surface area contributed by atoms with Crippen LogP contribution in [-0.2, 0) is 4.79 Å². The summed E-state index contributed by atoms with van der Waals surface area (Å²) in [6.07, 6.45) is 0. The summed E-state index contributed by atoms with van der Waals surface area (Å²) in [5, 5.41) is 2.85. The van der Waals surface area contributed by atoms with Crippen LogP contribution in [0.4, 0.5) is 0 Å². The van der Waals surface area contributed by atoms with Gasteiger partial charge in [-0.2, -0.15) is 0 Å². The Bertz CT molecular complexity index is 646. The zero-order chi connectivity index (χ0) is 16.5. The third-order valence-electron chi connectivity index (χ3n) is 3.09. The Labute approximate surface area is 141 Å². The first kappa shape index (κ1) is 17.2. The molecular weight excluding hydrogens is 310 g/mol. The van der Waals surface area contributed by atoms with Gasteiger partial charge in [-0.05, 0) is 42.8 Å². The van der Waals surface area contributed by atoms with Crippen molar-refractivity contribution < 1.29 is 14.3 Å². The Balaban J connectivity index is 1.65. The molecule has 5 heteroatoms. The lowest BCUT2D eigenvalue weighted by atomic mass is 10.2. The monoisotopic (exact) mass is 331 g/mol. The van der Waals surface area contributed by atoms with Crippen LogP contribution in [-0.4, -0.2) is 31.9 Å². The van der Waals surface area contributed by atoms with Gasteiger partial charge in [-0.25, -0.2) is 0 Å². The van der Waals surface area contributed by atoms with Gasteiger partial charge in [-0.3, -0.25) is 4.79 Å². The number of hydrogen-bond acceptors (Lipinski definition) is 4. The van der Waals surface area contributed by atoms with Crippen LogP contribution in [0.5, 0.6) is 11.5 Å². The van der Waals surface area contributed by atoms with E-state index >= 15 is 0 Å². The van der Waals surface area contributed by atoms with Gasteiger partial charge in [0.05, 0.1) is 19.4 Å². The number of rotatable bonds is 8. The first-order valence-corrected chi connectivity index (χ1v) is 8.39. The van der Waals surface area contributed by atoms with Crippen molar-refractivity contribution in [3.8, 4) is 11.5 Å². The quantitative estimate of drug-likeness (QED) is 0.596. The molecule has 2 aromatic rings. The minimum atomic E-state index is -0.00865. The number of thioether (sulfide) groups is 1. The molecule has 2 aromatic carbocycles. The SMILES string of the molecule is COc1cccc(SCC(=O)NCCOc2cccc(C)c2)c1. The number of methoxy groups -OCH3 is 1. The van der Waals surface area contributed by atoms with Gasteiger partial charge in [0, 0.05) is 4.90 Å². The van der Waals surface area contributed by atoms with Crippen LogP contribution in [0.3, 0.4) is 0 Å². The summed E-state index contributed by atoms with van der Waals surface area (Å²) in [6.45, 7) is 2.97. The van der Waals surface area contributed by atoms with Gasteiger partial charge in [0.25, 0.3) is 0 Å². The number of carbonyl (C=O) groups excluding carboxylic acids is 1. The van der Waals surface area contributed by atoms with E-state index < -0.39 is 0 Å². The largest absolute Gasteiger partial charge is 0.497 e. The normalized spacial score (nSPS) is 10.2. The highest BCUT2D eigenvalue weighted by atomic mass is 32.2. The molecular formula is C18H21NO3S. The van der Waals surface area contributed by atoms with Crippen LogP contribution < -0.4 is 14.8 Å². The second kappa shape index (κ2) is 9.10. The summed E-state index contributed by atoms with van der Waals surface area (Å²) in [6, 6.07) is 15.5. The average molecular weight is 331 g/mol. The second-order valence-corrected chi connectivity index (χ2v) is 6.03. The number of ether oxygens (including phenoxy) is 2. The van der Waals surface area contributed by atoms with Crippen LogP contribution >= 0.6 is 11.8 Å². The Hall–Kier alpha value is -2.14. The van der Waals surface area contributed by atoms with Crippen molar-refractivity contribution in [2.24, 2.45) is 0 Å². The topological polar surface area (TPSA) is 47.6 Å². The summed E-state index contributed by atoms with van der Waals surface area (Å²) in [4.78, 5) is 12.8. The number of benzene rings is 2. The smallest absolute Gasteiger partial charge is 0.230 e. The second-order valence-electron chi connectivity index (χ2n) is 4.98. The summed E-state index contributed by atoms with van der Waals surface area (Å²) in [5.74, 6) is 1.98. The van der Waals surface area contributed by atoms with Crippen LogP contribution in [0.1, 0.15) is 5.56 Å². The molecule has 0 spiro atoms. The molecule has 0 atom stereocenters. The molecule has 2 rings (SSSR count). The van der Waals surface area contributed by atoms with Gasteiger partial charge >= 0.3 is 0 Å². The summed E-state index contributed by atoms with van der Waals surface area (Å²) >= 11 is 1.48. The van der Waals surface area contributed by atoms with E-state index in [9.17, 15) is 4.79 Å². The molecule has 4 nitrogen and oxygen atoms in total.